The minimum atomic E-state index is -0.774. The molecule has 0 rings (SSSR count). The van der Waals surface area contributed by atoms with Gasteiger partial charge >= 0.3 is 17.9 Å². The summed E-state index contributed by atoms with van der Waals surface area (Å²) in [6.07, 6.45) is 77.8. The third-order valence-corrected chi connectivity index (χ3v) is 15.5. The molecule has 0 saturated carbocycles. The Morgan fingerprint density at radius 1 is 0.267 bits per heavy atom. The molecule has 0 aromatic rings. The minimum absolute atomic E-state index is 0.0711. The number of esters is 3. The van der Waals surface area contributed by atoms with Crippen molar-refractivity contribution < 1.29 is 28.6 Å². The van der Waals surface area contributed by atoms with Gasteiger partial charge in [0.1, 0.15) is 13.2 Å². The van der Waals surface area contributed by atoms with E-state index in [1.165, 1.54) is 263 Å². The van der Waals surface area contributed by atoms with Crippen LogP contribution in [0.3, 0.4) is 0 Å². The van der Waals surface area contributed by atoms with Crippen molar-refractivity contribution in [3.05, 3.63) is 24.3 Å². The van der Waals surface area contributed by atoms with Crippen LogP contribution in [0.2, 0.25) is 0 Å². The fraction of sp³-hybridized carbons (Fsp3) is 0.899. The minimum Gasteiger partial charge on any atom is -0.462 e. The quantitative estimate of drug-likeness (QED) is 0.0261. The van der Waals surface area contributed by atoms with E-state index in [1.54, 1.807) is 0 Å². The van der Waals surface area contributed by atoms with Gasteiger partial charge in [-0.1, -0.05) is 334 Å². The summed E-state index contributed by atoms with van der Waals surface area (Å²) in [4.78, 5) is 38.3. The van der Waals surface area contributed by atoms with Gasteiger partial charge in [-0.05, 0) is 51.4 Å². The van der Waals surface area contributed by atoms with E-state index >= 15 is 0 Å². The molecule has 0 aromatic carbocycles. The van der Waals surface area contributed by atoms with E-state index < -0.39 is 6.10 Å². The second kappa shape index (κ2) is 64.4. The summed E-state index contributed by atoms with van der Waals surface area (Å²) in [7, 11) is 0. The Hall–Kier alpha value is -2.11. The maximum Gasteiger partial charge on any atom is 0.306 e. The van der Waals surface area contributed by atoms with Crippen molar-refractivity contribution >= 4 is 17.9 Å². The van der Waals surface area contributed by atoms with Crippen LogP contribution in [0.5, 0.6) is 0 Å². The molecule has 1 atom stereocenters. The molecule has 0 aliphatic heterocycles. The molecule has 1 unspecified atom stereocenters. The Labute approximate surface area is 468 Å². The van der Waals surface area contributed by atoms with Crippen molar-refractivity contribution in [1.29, 1.82) is 0 Å². The molecular weight excluding hydrogens is 925 g/mol. The van der Waals surface area contributed by atoms with Crippen LogP contribution < -0.4 is 0 Å². The van der Waals surface area contributed by atoms with E-state index in [-0.39, 0.29) is 31.1 Å². The standard InChI is InChI=1S/C69H130O6/c1-4-7-10-13-16-19-22-25-27-28-29-30-31-32-33-34-35-36-37-38-39-40-42-44-47-50-53-56-59-62-68(71)74-65-66(64-73-67(70)61-58-55-52-49-46-43-24-21-18-15-12-9-6-3)75-69(72)63-60-57-54-51-48-45-41-26-23-20-17-14-11-8-5-2/h17,20,26,41,66H,4-16,18-19,21-25,27-40,42-65H2,1-3H3/b20-17-,41-26-. The first-order valence-electron chi connectivity index (χ1n) is 33.8. The van der Waals surface area contributed by atoms with Crippen LogP contribution in [-0.4, -0.2) is 37.2 Å². The number of carbonyl (C=O) groups excluding carboxylic acids is 3. The van der Waals surface area contributed by atoms with Crippen LogP contribution in [0.1, 0.15) is 380 Å². The zero-order chi connectivity index (χ0) is 54.3. The van der Waals surface area contributed by atoms with Crippen LogP contribution in [-0.2, 0) is 28.6 Å². The van der Waals surface area contributed by atoms with Gasteiger partial charge < -0.3 is 14.2 Å². The predicted octanol–water partition coefficient (Wildman–Crippen LogP) is 23.0. The molecular formula is C69H130O6. The summed E-state index contributed by atoms with van der Waals surface area (Å²) in [5, 5.41) is 0. The van der Waals surface area contributed by atoms with Crippen LogP contribution in [0.4, 0.5) is 0 Å². The smallest absolute Gasteiger partial charge is 0.306 e. The normalized spacial score (nSPS) is 12.1. The van der Waals surface area contributed by atoms with Gasteiger partial charge in [-0.2, -0.15) is 0 Å². The summed E-state index contributed by atoms with van der Waals surface area (Å²) < 4.78 is 16.9. The second-order valence-electron chi connectivity index (χ2n) is 23.1. The third-order valence-electron chi connectivity index (χ3n) is 15.5. The molecule has 6 nitrogen and oxygen atoms in total. The van der Waals surface area contributed by atoms with Gasteiger partial charge in [-0.15, -0.1) is 0 Å². The van der Waals surface area contributed by atoms with Crippen LogP contribution in [0, 0.1) is 0 Å². The van der Waals surface area contributed by atoms with Gasteiger partial charge in [0.05, 0.1) is 0 Å². The van der Waals surface area contributed by atoms with Crippen molar-refractivity contribution in [2.75, 3.05) is 13.2 Å². The molecule has 6 heteroatoms. The van der Waals surface area contributed by atoms with Crippen LogP contribution >= 0.6 is 0 Å². The molecule has 0 aliphatic carbocycles. The number of hydrogen-bond donors (Lipinski definition) is 0. The van der Waals surface area contributed by atoms with E-state index in [1.807, 2.05) is 0 Å². The van der Waals surface area contributed by atoms with Gasteiger partial charge in [0.15, 0.2) is 6.10 Å². The van der Waals surface area contributed by atoms with Crippen molar-refractivity contribution in [1.82, 2.24) is 0 Å². The molecule has 0 saturated heterocycles. The van der Waals surface area contributed by atoms with Gasteiger partial charge in [0.25, 0.3) is 0 Å². The summed E-state index contributed by atoms with van der Waals surface area (Å²) in [6.45, 7) is 6.67. The second-order valence-corrected chi connectivity index (χ2v) is 23.1. The first-order valence-corrected chi connectivity index (χ1v) is 33.8. The molecule has 442 valence electrons. The first kappa shape index (κ1) is 72.9. The summed E-state index contributed by atoms with van der Waals surface area (Å²) in [5.74, 6) is -0.858. The molecule has 0 aliphatic rings. The molecule has 0 bridgehead atoms. The maximum absolute atomic E-state index is 12.9. The molecule has 0 heterocycles. The molecule has 0 aromatic heterocycles. The van der Waals surface area contributed by atoms with Crippen LogP contribution in [0.25, 0.3) is 0 Å². The van der Waals surface area contributed by atoms with Crippen molar-refractivity contribution in [2.45, 2.75) is 386 Å². The Morgan fingerprint density at radius 2 is 0.480 bits per heavy atom. The number of allylic oxidation sites excluding steroid dienone is 4. The zero-order valence-corrected chi connectivity index (χ0v) is 50.8. The van der Waals surface area contributed by atoms with Crippen molar-refractivity contribution in [3.8, 4) is 0 Å². The fourth-order valence-electron chi connectivity index (χ4n) is 10.4. The summed E-state index contributed by atoms with van der Waals surface area (Å²) in [5.41, 5.74) is 0. The van der Waals surface area contributed by atoms with Crippen molar-refractivity contribution in [3.63, 3.8) is 0 Å². The van der Waals surface area contributed by atoms with E-state index in [0.29, 0.717) is 19.3 Å². The topological polar surface area (TPSA) is 78.9 Å². The van der Waals surface area contributed by atoms with Gasteiger partial charge in [-0.25, -0.2) is 0 Å². The largest absolute Gasteiger partial charge is 0.462 e. The zero-order valence-electron chi connectivity index (χ0n) is 50.8. The molecule has 0 spiro atoms. The van der Waals surface area contributed by atoms with Gasteiger partial charge in [-0.3, -0.25) is 14.4 Å². The molecule has 0 radical (unpaired) electrons. The van der Waals surface area contributed by atoms with E-state index in [9.17, 15) is 14.4 Å². The van der Waals surface area contributed by atoms with Gasteiger partial charge in [0.2, 0.25) is 0 Å². The highest BCUT2D eigenvalue weighted by Gasteiger charge is 2.19. The van der Waals surface area contributed by atoms with E-state index in [2.05, 4.69) is 45.1 Å². The average Bonchev–Trinajstić information content (AvgIpc) is 3.41. The lowest BCUT2D eigenvalue weighted by Gasteiger charge is -2.18. The lowest BCUT2D eigenvalue weighted by atomic mass is 10.0. The highest BCUT2D eigenvalue weighted by atomic mass is 16.6. The fourth-order valence-corrected chi connectivity index (χ4v) is 10.4. The number of carbonyl (C=O) groups is 3. The molecule has 0 N–H and O–H groups in total. The van der Waals surface area contributed by atoms with Crippen molar-refractivity contribution in [2.24, 2.45) is 0 Å². The highest BCUT2D eigenvalue weighted by Crippen LogP contribution is 2.19. The average molecular weight is 1060 g/mol. The van der Waals surface area contributed by atoms with Gasteiger partial charge in [0, 0.05) is 19.3 Å². The number of hydrogen-bond acceptors (Lipinski definition) is 6. The third kappa shape index (κ3) is 62.6. The lowest BCUT2D eigenvalue weighted by molar-refractivity contribution is -0.167. The monoisotopic (exact) mass is 1050 g/mol. The van der Waals surface area contributed by atoms with E-state index in [0.717, 1.165) is 77.0 Å². The van der Waals surface area contributed by atoms with Crippen LogP contribution in [0.15, 0.2) is 24.3 Å². The number of rotatable bonds is 63. The molecule has 75 heavy (non-hydrogen) atoms. The summed E-state index contributed by atoms with van der Waals surface area (Å²) >= 11 is 0. The SMILES string of the molecule is CCCCC/C=C\C/C=C\CCCCCCCC(=O)OC(COC(=O)CCCCCCCCCCCCCCC)COC(=O)CCCCCCCCCCCCCCCCCCCCCCCCCCCCCCC. The maximum atomic E-state index is 12.9. The Balaban J connectivity index is 4.13. The number of unbranched alkanes of at least 4 members (excludes halogenated alkanes) is 48. The molecule has 0 fully saturated rings. The molecule has 0 amide bonds. The number of ether oxygens (including phenoxy) is 3. The van der Waals surface area contributed by atoms with E-state index in [4.69, 9.17) is 14.2 Å². The Bertz CT molecular complexity index is 1210. The first-order chi connectivity index (χ1) is 37.0. The lowest BCUT2D eigenvalue weighted by Crippen LogP contribution is -2.30. The highest BCUT2D eigenvalue weighted by molar-refractivity contribution is 5.71. The Morgan fingerprint density at radius 3 is 0.760 bits per heavy atom. The summed E-state index contributed by atoms with van der Waals surface area (Å²) in [6, 6.07) is 0. The predicted molar refractivity (Wildman–Crippen MR) is 326 cm³/mol. The Kier molecular flexibility index (Phi) is 62.6.